The van der Waals surface area contributed by atoms with Crippen molar-refractivity contribution in [2.24, 2.45) is 0 Å². The molecular formula is C12H21BrN4O. The van der Waals surface area contributed by atoms with E-state index in [1.807, 2.05) is 6.92 Å². The molecule has 0 aliphatic heterocycles. The Morgan fingerprint density at radius 2 is 2.00 bits per heavy atom. The largest absolute Gasteiger partial charge is 0.393 e. The van der Waals surface area contributed by atoms with Gasteiger partial charge in [0, 0.05) is 12.6 Å². The standard InChI is InChI=1S/C12H21BrN4O/c1-4-5-14-11-10(13)12(16-7-15-11)17-8(2)6-9(3)18/h7-9,18H,4-6H2,1-3H3,(H2,14,15,16,17). The lowest BCUT2D eigenvalue weighted by Gasteiger charge is -2.17. The van der Waals surface area contributed by atoms with Gasteiger partial charge in [0.2, 0.25) is 0 Å². The third-order valence-corrected chi connectivity index (χ3v) is 3.16. The molecule has 0 bridgehead atoms. The molecule has 1 rings (SSSR count). The molecule has 102 valence electrons. The molecule has 1 aromatic rings. The summed E-state index contributed by atoms with van der Waals surface area (Å²) in [5.74, 6) is 1.54. The predicted molar refractivity (Wildman–Crippen MR) is 77.9 cm³/mol. The fourth-order valence-corrected chi connectivity index (χ4v) is 2.10. The lowest BCUT2D eigenvalue weighted by atomic mass is 10.1. The number of nitrogens with one attached hydrogen (secondary N) is 2. The van der Waals surface area contributed by atoms with Crippen LogP contribution in [0.5, 0.6) is 0 Å². The Morgan fingerprint density at radius 3 is 2.61 bits per heavy atom. The van der Waals surface area contributed by atoms with Crippen LogP contribution in [0.1, 0.15) is 33.6 Å². The van der Waals surface area contributed by atoms with Crippen LogP contribution in [-0.2, 0) is 0 Å². The van der Waals surface area contributed by atoms with Crippen LogP contribution in [0, 0.1) is 0 Å². The fraction of sp³-hybridized carbons (Fsp3) is 0.667. The molecule has 0 aliphatic carbocycles. The molecule has 3 N–H and O–H groups in total. The molecule has 0 spiro atoms. The summed E-state index contributed by atoms with van der Waals surface area (Å²) in [7, 11) is 0. The van der Waals surface area contributed by atoms with E-state index in [1.54, 1.807) is 6.92 Å². The van der Waals surface area contributed by atoms with Crippen molar-refractivity contribution >= 4 is 27.6 Å². The lowest BCUT2D eigenvalue weighted by molar-refractivity contribution is 0.179. The van der Waals surface area contributed by atoms with Crippen LogP contribution in [-0.4, -0.2) is 33.8 Å². The molecule has 1 aromatic heterocycles. The average molecular weight is 317 g/mol. The van der Waals surface area contributed by atoms with Gasteiger partial charge in [-0.2, -0.15) is 0 Å². The fourth-order valence-electron chi connectivity index (χ4n) is 1.64. The predicted octanol–water partition coefficient (Wildman–Crippen LogP) is 2.63. The third-order valence-electron chi connectivity index (χ3n) is 2.41. The van der Waals surface area contributed by atoms with Gasteiger partial charge in [-0.25, -0.2) is 9.97 Å². The molecule has 2 unspecified atom stereocenters. The minimum absolute atomic E-state index is 0.148. The van der Waals surface area contributed by atoms with E-state index in [-0.39, 0.29) is 12.1 Å². The molecule has 6 heteroatoms. The monoisotopic (exact) mass is 316 g/mol. The number of aliphatic hydroxyl groups excluding tert-OH is 1. The van der Waals surface area contributed by atoms with Gasteiger partial charge < -0.3 is 15.7 Å². The van der Waals surface area contributed by atoms with E-state index in [0.29, 0.717) is 6.42 Å². The molecule has 0 fully saturated rings. The number of aromatic nitrogens is 2. The second-order valence-corrected chi connectivity index (χ2v) is 5.23. The van der Waals surface area contributed by atoms with E-state index >= 15 is 0 Å². The van der Waals surface area contributed by atoms with E-state index in [9.17, 15) is 5.11 Å². The van der Waals surface area contributed by atoms with Crippen molar-refractivity contribution in [3.05, 3.63) is 10.8 Å². The minimum Gasteiger partial charge on any atom is -0.393 e. The van der Waals surface area contributed by atoms with E-state index < -0.39 is 0 Å². The molecule has 18 heavy (non-hydrogen) atoms. The van der Waals surface area contributed by atoms with Crippen LogP contribution >= 0.6 is 15.9 Å². The van der Waals surface area contributed by atoms with Crippen molar-refractivity contribution in [1.82, 2.24) is 9.97 Å². The maximum Gasteiger partial charge on any atom is 0.146 e. The van der Waals surface area contributed by atoms with E-state index in [4.69, 9.17) is 0 Å². The van der Waals surface area contributed by atoms with Crippen molar-refractivity contribution < 1.29 is 5.11 Å². The minimum atomic E-state index is -0.328. The second kappa shape index (κ2) is 7.53. The zero-order chi connectivity index (χ0) is 13.5. The van der Waals surface area contributed by atoms with E-state index in [0.717, 1.165) is 29.1 Å². The summed E-state index contributed by atoms with van der Waals surface area (Å²) < 4.78 is 0.830. The first-order valence-electron chi connectivity index (χ1n) is 6.23. The van der Waals surface area contributed by atoms with Crippen LogP contribution in [0.15, 0.2) is 10.8 Å². The number of hydrogen-bond donors (Lipinski definition) is 3. The molecule has 0 saturated carbocycles. The van der Waals surface area contributed by atoms with Crippen LogP contribution < -0.4 is 10.6 Å². The summed E-state index contributed by atoms with van der Waals surface area (Å²) in [5, 5.41) is 15.8. The first-order valence-corrected chi connectivity index (χ1v) is 7.02. The summed E-state index contributed by atoms with van der Waals surface area (Å²) in [6.45, 7) is 6.77. The molecule has 0 aromatic carbocycles. The van der Waals surface area contributed by atoms with E-state index in [1.165, 1.54) is 6.33 Å². The summed E-state index contributed by atoms with van der Waals surface area (Å²) in [5.41, 5.74) is 0. The molecular weight excluding hydrogens is 296 g/mol. The number of hydrogen-bond acceptors (Lipinski definition) is 5. The quantitative estimate of drug-likeness (QED) is 0.721. The van der Waals surface area contributed by atoms with E-state index in [2.05, 4.69) is 43.5 Å². The highest BCUT2D eigenvalue weighted by atomic mass is 79.9. The highest BCUT2D eigenvalue weighted by molar-refractivity contribution is 9.10. The Bertz CT molecular complexity index is 373. The van der Waals surface area contributed by atoms with Crippen LogP contribution in [0.25, 0.3) is 0 Å². The Balaban J connectivity index is 2.70. The van der Waals surface area contributed by atoms with Crippen molar-refractivity contribution in [3.8, 4) is 0 Å². The molecule has 2 atom stereocenters. The maximum absolute atomic E-state index is 9.34. The van der Waals surface area contributed by atoms with Crippen molar-refractivity contribution in [2.45, 2.75) is 45.8 Å². The Kier molecular flexibility index (Phi) is 6.35. The number of halogens is 1. The summed E-state index contributed by atoms with van der Waals surface area (Å²) in [4.78, 5) is 8.39. The number of rotatable bonds is 7. The number of aliphatic hydroxyl groups is 1. The third kappa shape index (κ3) is 4.78. The van der Waals surface area contributed by atoms with Gasteiger partial charge in [-0.15, -0.1) is 0 Å². The van der Waals surface area contributed by atoms with Crippen LogP contribution in [0.2, 0.25) is 0 Å². The van der Waals surface area contributed by atoms with Gasteiger partial charge >= 0.3 is 0 Å². The Hall–Kier alpha value is -0.880. The smallest absolute Gasteiger partial charge is 0.146 e. The maximum atomic E-state index is 9.34. The highest BCUT2D eigenvalue weighted by Gasteiger charge is 2.12. The Labute approximate surface area is 117 Å². The highest BCUT2D eigenvalue weighted by Crippen LogP contribution is 2.27. The summed E-state index contributed by atoms with van der Waals surface area (Å²) >= 11 is 3.49. The topological polar surface area (TPSA) is 70.1 Å². The second-order valence-electron chi connectivity index (χ2n) is 4.44. The van der Waals surface area contributed by atoms with Gasteiger partial charge in [0.25, 0.3) is 0 Å². The summed E-state index contributed by atoms with van der Waals surface area (Å²) in [6, 6.07) is 0.148. The molecule has 0 aliphatic rings. The molecule has 1 heterocycles. The first-order chi connectivity index (χ1) is 8.54. The SMILES string of the molecule is CCCNc1ncnc(NC(C)CC(C)O)c1Br. The van der Waals surface area contributed by atoms with Crippen molar-refractivity contribution in [2.75, 3.05) is 17.2 Å². The van der Waals surface area contributed by atoms with Crippen molar-refractivity contribution in [3.63, 3.8) is 0 Å². The first kappa shape index (κ1) is 15.2. The molecule has 5 nitrogen and oxygen atoms in total. The van der Waals surface area contributed by atoms with Gasteiger partial charge in [-0.05, 0) is 42.6 Å². The average Bonchev–Trinajstić information content (AvgIpc) is 2.29. The van der Waals surface area contributed by atoms with Gasteiger partial charge in [-0.1, -0.05) is 6.92 Å². The lowest BCUT2D eigenvalue weighted by Crippen LogP contribution is -2.21. The normalized spacial score (nSPS) is 14.1. The molecule has 0 radical (unpaired) electrons. The van der Waals surface area contributed by atoms with Gasteiger partial charge in [0.15, 0.2) is 0 Å². The molecule has 0 saturated heterocycles. The zero-order valence-electron chi connectivity index (χ0n) is 11.1. The Morgan fingerprint density at radius 1 is 1.33 bits per heavy atom. The summed E-state index contributed by atoms with van der Waals surface area (Å²) in [6.07, 6.45) is 2.91. The number of anilines is 2. The van der Waals surface area contributed by atoms with Crippen molar-refractivity contribution in [1.29, 1.82) is 0 Å². The zero-order valence-corrected chi connectivity index (χ0v) is 12.7. The molecule has 0 amide bonds. The van der Waals surface area contributed by atoms with Gasteiger partial charge in [0.05, 0.1) is 6.10 Å². The van der Waals surface area contributed by atoms with Crippen LogP contribution in [0.3, 0.4) is 0 Å². The number of nitrogens with zero attached hydrogens (tertiary/aromatic N) is 2. The van der Waals surface area contributed by atoms with Gasteiger partial charge in [-0.3, -0.25) is 0 Å². The van der Waals surface area contributed by atoms with Crippen LogP contribution in [0.4, 0.5) is 11.6 Å². The van der Waals surface area contributed by atoms with Gasteiger partial charge in [0.1, 0.15) is 22.4 Å².